The van der Waals surface area contributed by atoms with E-state index >= 15 is 0 Å². The maximum atomic E-state index is 12.5. The predicted molar refractivity (Wildman–Crippen MR) is 129 cm³/mol. The van der Waals surface area contributed by atoms with Gasteiger partial charge in [0, 0.05) is 5.75 Å². The van der Waals surface area contributed by atoms with Gasteiger partial charge in [-0.25, -0.2) is 15.1 Å². The van der Waals surface area contributed by atoms with Crippen molar-refractivity contribution in [3.8, 4) is 5.88 Å². The van der Waals surface area contributed by atoms with Crippen LogP contribution in [0.25, 0.3) is 11.2 Å². The highest BCUT2D eigenvalue weighted by Gasteiger charge is 2.54. The summed E-state index contributed by atoms with van der Waals surface area (Å²) in [6.45, 7) is 3.59. The Hall–Kier alpha value is -1.88. The van der Waals surface area contributed by atoms with Gasteiger partial charge in [-0.2, -0.15) is 9.97 Å². The molecule has 0 radical (unpaired) electrons. The number of aromatic nitrogens is 4. The number of carbonyl (C=O) groups is 1. The number of aliphatic hydroxyl groups is 3. The van der Waals surface area contributed by atoms with Gasteiger partial charge in [0.2, 0.25) is 11.8 Å². The van der Waals surface area contributed by atoms with E-state index in [9.17, 15) is 24.7 Å². The number of aliphatic hydroxyl groups excluding tert-OH is 2. The van der Waals surface area contributed by atoms with E-state index in [1.54, 1.807) is 13.8 Å². The molecule has 5 atom stereocenters. The standard InChI is InChI=1S/C19H31N6O9PS/c1-18(2,8-26)16(28)36-6-5-32-35(21,30)33-7-10-12(27)19(3,29)15(34-10)25-9-22-11-13(25)23-17(20)24-14(11)31-4/h9-10,12,15,26-27,29H,5-8H2,1-4H3,(H2,21,30)(H2,20,23,24)/t10-,12?,15?,19?,35?/m1/s1. The van der Waals surface area contributed by atoms with E-state index in [0.717, 1.165) is 11.8 Å². The molecule has 2 aromatic rings. The number of nitrogen functional groups attached to an aromatic ring is 1. The highest BCUT2D eigenvalue weighted by Crippen LogP contribution is 2.44. The first kappa shape index (κ1) is 28.7. The minimum Gasteiger partial charge on any atom is -0.479 e. The van der Waals surface area contributed by atoms with Crippen LogP contribution in [-0.4, -0.2) is 90.4 Å². The van der Waals surface area contributed by atoms with E-state index in [-0.39, 0.29) is 47.1 Å². The van der Waals surface area contributed by atoms with Crippen LogP contribution < -0.4 is 16.0 Å². The molecule has 15 nitrogen and oxygen atoms in total. The van der Waals surface area contributed by atoms with Crippen LogP contribution in [0.2, 0.25) is 0 Å². The third kappa shape index (κ3) is 5.98. The van der Waals surface area contributed by atoms with E-state index in [0.29, 0.717) is 0 Å². The van der Waals surface area contributed by atoms with Gasteiger partial charge in [0.25, 0.3) is 0 Å². The molecule has 0 bridgehead atoms. The molecule has 0 amide bonds. The predicted octanol–water partition coefficient (Wildman–Crippen LogP) is -0.195. The number of ether oxygens (including phenoxy) is 2. The second-order valence-corrected chi connectivity index (χ2v) is 11.6. The number of hydrogen-bond acceptors (Lipinski definition) is 14. The normalized spacial score (nSPS) is 26.3. The molecule has 0 spiro atoms. The maximum absolute atomic E-state index is 12.5. The fraction of sp³-hybridized carbons (Fsp3) is 0.684. The number of imidazole rings is 1. The fourth-order valence-electron chi connectivity index (χ4n) is 3.37. The van der Waals surface area contributed by atoms with Gasteiger partial charge in [0.15, 0.2) is 22.5 Å². The second-order valence-electron chi connectivity index (χ2n) is 8.96. The number of thioether (sulfide) groups is 1. The number of nitrogens with two attached hydrogens (primary N) is 2. The zero-order valence-electron chi connectivity index (χ0n) is 20.2. The first-order valence-electron chi connectivity index (χ1n) is 10.8. The molecule has 0 aliphatic carbocycles. The number of hydrogen-bond donors (Lipinski definition) is 5. The molecule has 4 unspecified atom stereocenters. The van der Waals surface area contributed by atoms with Crippen LogP contribution in [0.5, 0.6) is 5.88 Å². The molecule has 3 rings (SSSR count). The molecule has 1 aliphatic rings. The number of fused-ring (bicyclic) bond motifs is 1. The Morgan fingerprint density at radius 1 is 1.39 bits per heavy atom. The Morgan fingerprint density at radius 2 is 2.08 bits per heavy atom. The first-order chi connectivity index (χ1) is 16.7. The Morgan fingerprint density at radius 3 is 2.72 bits per heavy atom. The van der Waals surface area contributed by atoms with Gasteiger partial charge in [-0.05, 0) is 20.8 Å². The Balaban J connectivity index is 1.63. The first-order valence-corrected chi connectivity index (χ1v) is 13.4. The lowest BCUT2D eigenvalue weighted by molar-refractivity contribution is -0.119. The van der Waals surface area contributed by atoms with Gasteiger partial charge >= 0.3 is 7.75 Å². The van der Waals surface area contributed by atoms with Crippen molar-refractivity contribution in [2.45, 2.75) is 44.8 Å². The molecule has 2 aromatic heterocycles. The Bertz CT molecular complexity index is 1150. The van der Waals surface area contributed by atoms with Crippen molar-refractivity contribution in [1.29, 1.82) is 0 Å². The van der Waals surface area contributed by atoms with Crippen molar-refractivity contribution in [2.24, 2.45) is 10.9 Å². The molecule has 36 heavy (non-hydrogen) atoms. The van der Waals surface area contributed by atoms with Crippen molar-refractivity contribution in [1.82, 2.24) is 19.5 Å². The third-order valence-corrected chi connectivity index (χ3v) is 7.80. The van der Waals surface area contributed by atoms with E-state index < -0.39 is 43.8 Å². The molecule has 3 heterocycles. The summed E-state index contributed by atoms with van der Waals surface area (Å²) in [6, 6.07) is 0. The van der Waals surface area contributed by atoms with Gasteiger partial charge in [-0.1, -0.05) is 11.8 Å². The zero-order chi connectivity index (χ0) is 26.9. The van der Waals surface area contributed by atoms with Crippen molar-refractivity contribution in [2.75, 3.05) is 38.4 Å². The van der Waals surface area contributed by atoms with Gasteiger partial charge in [-0.3, -0.25) is 18.4 Å². The quantitative estimate of drug-likeness (QED) is 0.180. The molecular formula is C19H31N6O9PS. The number of methoxy groups -OCH3 is 1. The summed E-state index contributed by atoms with van der Waals surface area (Å²) in [5.41, 5.74) is 9.04. The summed E-state index contributed by atoms with van der Waals surface area (Å²) in [6.07, 6.45) is -2.48. The SMILES string of the molecule is COc1nc(N)nc2c1ncn2C1O[C@H](COP(N)(=O)OCCSC(=O)C(C)(C)CO)C(O)C1(C)O. The molecule has 1 aliphatic heterocycles. The van der Waals surface area contributed by atoms with Crippen molar-refractivity contribution in [3.63, 3.8) is 0 Å². The molecule has 1 saturated heterocycles. The minimum atomic E-state index is -4.08. The molecule has 0 saturated carbocycles. The van der Waals surface area contributed by atoms with Crippen LogP contribution in [0.15, 0.2) is 6.33 Å². The summed E-state index contributed by atoms with van der Waals surface area (Å²) >= 11 is 0.905. The molecule has 7 N–H and O–H groups in total. The lowest BCUT2D eigenvalue weighted by Gasteiger charge is -2.27. The second kappa shape index (κ2) is 10.8. The summed E-state index contributed by atoms with van der Waals surface area (Å²) < 4.78 is 35.1. The Labute approximate surface area is 211 Å². The van der Waals surface area contributed by atoms with Crippen LogP contribution >= 0.6 is 19.5 Å². The van der Waals surface area contributed by atoms with E-state index in [4.69, 9.17) is 29.8 Å². The number of nitrogens with zero attached hydrogens (tertiary/aromatic N) is 4. The smallest absolute Gasteiger partial charge is 0.402 e. The van der Waals surface area contributed by atoms with Crippen LogP contribution in [0.1, 0.15) is 27.0 Å². The van der Waals surface area contributed by atoms with Gasteiger partial charge in [-0.15, -0.1) is 0 Å². The molecule has 202 valence electrons. The van der Waals surface area contributed by atoms with E-state index in [1.807, 2.05) is 0 Å². The average molecular weight is 551 g/mol. The molecular weight excluding hydrogens is 519 g/mol. The highest BCUT2D eigenvalue weighted by molar-refractivity contribution is 8.13. The third-order valence-electron chi connectivity index (χ3n) is 5.56. The van der Waals surface area contributed by atoms with Crippen LogP contribution in [0, 0.1) is 5.41 Å². The zero-order valence-corrected chi connectivity index (χ0v) is 21.9. The summed E-state index contributed by atoms with van der Waals surface area (Å²) in [5, 5.41) is 30.6. The van der Waals surface area contributed by atoms with Crippen LogP contribution in [0.3, 0.4) is 0 Å². The summed E-state index contributed by atoms with van der Waals surface area (Å²) in [4.78, 5) is 24.2. The number of rotatable bonds is 11. The average Bonchev–Trinajstić information content (AvgIpc) is 3.32. The van der Waals surface area contributed by atoms with Crippen molar-refractivity contribution >= 4 is 41.7 Å². The topological polar surface area (TPSA) is 227 Å². The molecule has 17 heteroatoms. The van der Waals surface area contributed by atoms with Crippen molar-refractivity contribution in [3.05, 3.63) is 6.33 Å². The minimum absolute atomic E-state index is 0.0971. The lowest BCUT2D eigenvalue weighted by Crippen LogP contribution is -2.44. The van der Waals surface area contributed by atoms with Gasteiger partial charge in [0.05, 0.1) is 38.7 Å². The summed E-state index contributed by atoms with van der Waals surface area (Å²) in [5.74, 6) is 0.157. The van der Waals surface area contributed by atoms with E-state index in [1.165, 1.54) is 24.9 Å². The lowest BCUT2D eigenvalue weighted by atomic mass is 9.96. The number of carbonyl (C=O) groups excluding carboxylic acids is 1. The molecule has 1 fully saturated rings. The molecule has 0 aromatic carbocycles. The van der Waals surface area contributed by atoms with E-state index in [2.05, 4.69) is 15.0 Å². The Kier molecular flexibility index (Phi) is 8.65. The highest BCUT2D eigenvalue weighted by atomic mass is 32.2. The monoisotopic (exact) mass is 550 g/mol. The largest absolute Gasteiger partial charge is 0.479 e. The van der Waals surface area contributed by atoms with Crippen LogP contribution in [0.4, 0.5) is 5.95 Å². The number of anilines is 1. The van der Waals surface area contributed by atoms with Gasteiger partial charge in [0.1, 0.15) is 17.8 Å². The summed E-state index contributed by atoms with van der Waals surface area (Å²) in [7, 11) is -2.69. The fourth-order valence-corrected chi connectivity index (χ4v) is 5.08. The van der Waals surface area contributed by atoms with Crippen molar-refractivity contribution < 1.29 is 43.2 Å². The van der Waals surface area contributed by atoms with Crippen LogP contribution in [-0.2, 0) is 23.1 Å². The maximum Gasteiger partial charge on any atom is 0.402 e. The van der Waals surface area contributed by atoms with Gasteiger partial charge < -0.3 is 30.5 Å².